The number of thioether (sulfide) groups is 1. The number of anilines is 1. The van der Waals surface area contributed by atoms with Crippen LogP contribution in [0.15, 0.2) is 59.6 Å². The second-order valence-electron chi connectivity index (χ2n) is 6.62. The summed E-state index contributed by atoms with van der Waals surface area (Å²) < 4.78 is 55.3. The van der Waals surface area contributed by atoms with Gasteiger partial charge in [0.2, 0.25) is 0 Å². The van der Waals surface area contributed by atoms with Gasteiger partial charge < -0.3 is 5.32 Å². The van der Waals surface area contributed by atoms with Crippen molar-refractivity contribution < 1.29 is 22.4 Å². The minimum absolute atomic E-state index is 0.0922. The molecule has 1 aromatic heterocycles. The molecule has 9 heteroatoms. The fourth-order valence-electron chi connectivity index (χ4n) is 2.65. The van der Waals surface area contributed by atoms with E-state index in [0.29, 0.717) is 10.6 Å². The summed E-state index contributed by atoms with van der Waals surface area (Å²) in [5.41, 5.74) is -0.975. The Balaban J connectivity index is 1.84. The van der Waals surface area contributed by atoms with Crippen molar-refractivity contribution in [3.05, 3.63) is 71.8 Å². The van der Waals surface area contributed by atoms with Crippen LogP contribution < -0.4 is 5.32 Å². The van der Waals surface area contributed by atoms with Gasteiger partial charge in [-0.25, -0.2) is 9.07 Å². The maximum absolute atomic E-state index is 13.5. The van der Waals surface area contributed by atoms with Crippen LogP contribution in [-0.2, 0) is 6.18 Å². The molecule has 0 spiro atoms. The van der Waals surface area contributed by atoms with Gasteiger partial charge in [0.15, 0.2) is 5.69 Å². The van der Waals surface area contributed by atoms with Gasteiger partial charge in [0, 0.05) is 16.3 Å². The maximum Gasteiger partial charge on any atom is 0.418 e. The molecule has 0 radical (unpaired) electrons. The highest BCUT2D eigenvalue weighted by atomic mass is 32.2. The molecule has 0 aliphatic heterocycles. The van der Waals surface area contributed by atoms with Gasteiger partial charge in [-0.1, -0.05) is 19.9 Å². The molecule has 0 aliphatic rings. The van der Waals surface area contributed by atoms with Crippen LogP contribution in [0, 0.1) is 5.82 Å². The number of halogens is 4. The van der Waals surface area contributed by atoms with E-state index < -0.39 is 23.5 Å². The first-order valence-electron chi connectivity index (χ1n) is 9.18. The molecule has 0 fully saturated rings. The Labute approximate surface area is 175 Å². The van der Waals surface area contributed by atoms with Crippen molar-refractivity contribution in [2.24, 2.45) is 0 Å². The van der Waals surface area contributed by atoms with Crippen molar-refractivity contribution in [1.82, 2.24) is 9.78 Å². The van der Waals surface area contributed by atoms with Crippen LogP contribution in [-0.4, -0.2) is 20.9 Å². The van der Waals surface area contributed by atoms with E-state index in [0.717, 1.165) is 12.5 Å². The maximum atomic E-state index is 13.5. The number of amides is 1. The Morgan fingerprint density at radius 1 is 1.20 bits per heavy atom. The molecule has 0 aliphatic carbocycles. The van der Waals surface area contributed by atoms with E-state index in [1.807, 2.05) is 13.8 Å². The average Bonchev–Trinajstić information content (AvgIpc) is 3.18. The molecule has 0 saturated carbocycles. The molecule has 1 atom stereocenters. The predicted octanol–water partition coefficient (Wildman–Crippen LogP) is 6.17. The average molecular weight is 437 g/mol. The number of carbonyl (C=O) groups excluding carboxylic acids is 1. The number of hydrogen-bond acceptors (Lipinski definition) is 3. The lowest BCUT2D eigenvalue weighted by atomic mass is 10.1. The smallest absolute Gasteiger partial charge is 0.320 e. The SMILES string of the molecule is CCC(C)Sc1ccc(NC(=O)c2ccn(-c3cccc(F)c3)n2)c(C(F)(F)F)c1. The first-order valence-corrected chi connectivity index (χ1v) is 10.1. The van der Waals surface area contributed by atoms with Gasteiger partial charge in [0.1, 0.15) is 5.82 Å². The van der Waals surface area contributed by atoms with E-state index in [-0.39, 0.29) is 16.6 Å². The van der Waals surface area contributed by atoms with Gasteiger partial charge >= 0.3 is 6.18 Å². The lowest BCUT2D eigenvalue weighted by molar-refractivity contribution is -0.137. The molecular formula is C21H19F4N3OS. The highest BCUT2D eigenvalue weighted by Gasteiger charge is 2.34. The highest BCUT2D eigenvalue weighted by molar-refractivity contribution is 7.99. The Kier molecular flexibility index (Phi) is 6.50. The van der Waals surface area contributed by atoms with Gasteiger partial charge in [0.05, 0.1) is 16.9 Å². The third-order valence-electron chi connectivity index (χ3n) is 4.35. The summed E-state index contributed by atoms with van der Waals surface area (Å²) in [6.07, 6.45) is -2.38. The van der Waals surface area contributed by atoms with Crippen LogP contribution in [0.25, 0.3) is 5.69 Å². The van der Waals surface area contributed by atoms with Crippen molar-refractivity contribution in [3.63, 3.8) is 0 Å². The normalized spacial score (nSPS) is 12.6. The third kappa shape index (κ3) is 5.21. The van der Waals surface area contributed by atoms with Crippen LogP contribution in [0.4, 0.5) is 23.2 Å². The van der Waals surface area contributed by atoms with E-state index in [9.17, 15) is 22.4 Å². The van der Waals surface area contributed by atoms with Crippen molar-refractivity contribution in [2.45, 2.75) is 36.6 Å². The first kappa shape index (κ1) is 21.9. The molecule has 158 valence electrons. The Morgan fingerprint density at radius 2 is 1.97 bits per heavy atom. The minimum Gasteiger partial charge on any atom is -0.320 e. The number of benzene rings is 2. The summed E-state index contributed by atoms with van der Waals surface area (Å²) in [7, 11) is 0. The molecule has 30 heavy (non-hydrogen) atoms. The van der Waals surface area contributed by atoms with E-state index in [4.69, 9.17) is 0 Å². The highest BCUT2D eigenvalue weighted by Crippen LogP contribution is 2.38. The molecule has 3 rings (SSSR count). The van der Waals surface area contributed by atoms with Crippen LogP contribution >= 0.6 is 11.8 Å². The predicted molar refractivity (Wildman–Crippen MR) is 109 cm³/mol. The van der Waals surface area contributed by atoms with E-state index in [1.165, 1.54) is 53.0 Å². The van der Waals surface area contributed by atoms with Crippen molar-refractivity contribution in [3.8, 4) is 5.69 Å². The van der Waals surface area contributed by atoms with Gasteiger partial charge in [-0.05, 0) is 48.9 Å². The number of carbonyl (C=O) groups is 1. The molecule has 3 aromatic rings. The summed E-state index contributed by atoms with van der Waals surface area (Å²) in [6, 6.07) is 10.8. The number of hydrogen-bond donors (Lipinski definition) is 1. The summed E-state index contributed by atoms with van der Waals surface area (Å²) >= 11 is 1.34. The van der Waals surface area contributed by atoms with Crippen molar-refractivity contribution in [2.75, 3.05) is 5.32 Å². The second-order valence-corrected chi connectivity index (χ2v) is 8.13. The standard InChI is InChI=1S/C21H19F4N3OS/c1-3-13(2)30-16-7-8-18(17(12-16)21(23,24)25)26-20(29)19-9-10-28(27-19)15-6-4-5-14(22)11-15/h4-13H,3H2,1-2H3,(H,26,29). The van der Waals surface area contributed by atoms with Crippen molar-refractivity contribution >= 4 is 23.4 Å². The van der Waals surface area contributed by atoms with Gasteiger partial charge in [-0.15, -0.1) is 11.8 Å². The summed E-state index contributed by atoms with van der Waals surface area (Å²) in [5.74, 6) is -1.27. The van der Waals surface area contributed by atoms with Crippen LogP contribution in [0.3, 0.4) is 0 Å². The number of aromatic nitrogens is 2. The van der Waals surface area contributed by atoms with Gasteiger partial charge in [-0.3, -0.25) is 4.79 Å². The molecule has 2 aromatic carbocycles. The quantitative estimate of drug-likeness (QED) is 0.370. The molecule has 4 nitrogen and oxygen atoms in total. The lowest BCUT2D eigenvalue weighted by Gasteiger charge is -2.16. The Bertz CT molecular complexity index is 1050. The van der Waals surface area contributed by atoms with Crippen LogP contribution in [0.1, 0.15) is 36.3 Å². The Morgan fingerprint density at radius 3 is 2.63 bits per heavy atom. The minimum atomic E-state index is -4.63. The number of nitrogens with one attached hydrogen (secondary N) is 1. The molecule has 1 amide bonds. The molecular weight excluding hydrogens is 418 g/mol. The molecule has 0 bridgehead atoms. The summed E-state index contributed by atoms with van der Waals surface area (Å²) in [6.45, 7) is 3.89. The molecule has 1 heterocycles. The fraction of sp³-hybridized carbons (Fsp3) is 0.238. The van der Waals surface area contributed by atoms with Crippen LogP contribution in [0.5, 0.6) is 0 Å². The number of nitrogens with zero attached hydrogens (tertiary/aromatic N) is 2. The van der Waals surface area contributed by atoms with E-state index in [1.54, 1.807) is 12.1 Å². The summed E-state index contributed by atoms with van der Waals surface area (Å²) in [5, 5.41) is 6.48. The second kappa shape index (κ2) is 8.91. The van der Waals surface area contributed by atoms with Gasteiger partial charge in [0.25, 0.3) is 5.91 Å². The topological polar surface area (TPSA) is 46.9 Å². The third-order valence-corrected chi connectivity index (χ3v) is 5.61. The molecule has 1 N–H and O–H groups in total. The van der Waals surface area contributed by atoms with Crippen LogP contribution in [0.2, 0.25) is 0 Å². The monoisotopic (exact) mass is 437 g/mol. The largest absolute Gasteiger partial charge is 0.418 e. The van der Waals surface area contributed by atoms with E-state index >= 15 is 0 Å². The Hall–Kier alpha value is -2.81. The molecule has 1 unspecified atom stereocenters. The lowest BCUT2D eigenvalue weighted by Crippen LogP contribution is -2.17. The fourth-order valence-corrected chi connectivity index (χ4v) is 3.61. The number of alkyl halides is 3. The number of rotatable bonds is 6. The zero-order valence-corrected chi connectivity index (χ0v) is 17.0. The van der Waals surface area contributed by atoms with Crippen molar-refractivity contribution in [1.29, 1.82) is 0 Å². The first-order chi connectivity index (χ1) is 14.2. The summed E-state index contributed by atoms with van der Waals surface area (Å²) in [4.78, 5) is 13.0. The van der Waals surface area contributed by atoms with Gasteiger partial charge in [-0.2, -0.15) is 18.3 Å². The zero-order chi connectivity index (χ0) is 21.9. The van der Waals surface area contributed by atoms with E-state index in [2.05, 4.69) is 10.4 Å². The zero-order valence-electron chi connectivity index (χ0n) is 16.2. The molecule has 0 saturated heterocycles.